The molecule has 0 bridgehead atoms. The number of fused-ring (bicyclic) bond motifs is 1. The molecule has 0 spiro atoms. The molecule has 4 aromatic rings. The van der Waals surface area contributed by atoms with Crippen LogP contribution >= 0.6 is 0 Å². The van der Waals surface area contributed by atoms with Crippen LogP contribution in [0.1, 0.15) is 28.3 Å². The molecule has 0 saturated carbocycles. The van der Waals surface area contributed by atoms with E-state index in [1.807, 2.05) is 0 Å². The number of allylic oxidation sites excluding steroid dienone is 2. The van der Waals surface area contributed by atoms with Gasteiger partial charge in [-0.05, 0) is 58.2 Å². The molecule has 0 fully saturated rings. The first kappa shape index (κ1) is 17.5. The molecule has 4 aromatic carbocycles. The zero-order valence-corrected chi connectivity index (χ0v) is 16.5. The van der Waals surface area contributed by atoms with Crippen molar-refractivity contribution in [2.24, 2.45) is 0 Å². The van der Waals surface area contributed by atoms with Gasteiger partial charge in [0.1, 0.15) is 0 Å². The van der Waals surface area contributed by atoms with Gasteiger partial charge >= 0.3 is 0 Å². The lowest BCUT2D eigenvalue weighted by Crippen LogP contribution is -2.21. The first-order valence-electron chi connectivity index (χ1n) is 10.1. The second-order valence-electron chi connectivity index (χ2n) is 7.64. The molecule has 1 heteroatoms. The van der Waals surface area contributed by atoms with Crippen molar-refractivity contribution in [1.29, 1.82) is 0 Å². The van der Waals surface area contributed by atoms with Crippen LogP contribution in [0.2, 0.25) is 0 Å². The Kier molecular flexibility index (Phi) is 4.50. The second-order valence-corrected chi connectivity index (χ2v) is 7.64. The van der Waals surface area contributed by atoms with E-state index in [9.17, 15) is 0 Å². The van der Waals surface area contributed by atoms with Gasteiger partial charge in [0.2, 0.25) is 0 Å². The van der Waals surface area contributed by atoms with Crippen molar-refractivity contribution in [3.8, 4) is 0 Å². The first-order valence-corrected chi connectivity index (χ1v) is 10.1. The Morgan fingerprint density at radius 2 is 1.38 bits per heavy atom. The first-order chi connectivity index (χ1) is 14.3. The van der Waals surface area contributed by atoms with Gasteiger partial charge in [0.05, 0.1) is 6.04 Å². The summed E-state index contributed by atoms with van der Waals surface area (Å²) in [5, 5.41) is 6.29. The average molecular weight is 373 g/mol. The molecule has 1 aliphatic rings. The minimum absolute atomic E-state index is 0.121. The highest BCUT2D eigenvalue weighted by Gasteiger charge is 2.18. The van der Waals surface area contributed by atoms with E-state index in [0.29, 0.717) is 0 Å². The number of dihydropyridines is 1. The van der Waals surface area contributed by atoms with Crippen molar-refractivity contribution in [2.75, 3.05) is 0 Å². The van der Waals surface area contributed by atoms with E-state index in [4.69, 9.17) is 0 Å². The van der Waals surface area contributed by atoms with Gasteiger partial charge in [-0.15, -0.1) is 0 Å². The topological polar surface area (TPSA) is 12.0 Å². The predicted molar refractivity (Wildman–Crippen MR) is 123 cm³/mol. The van der Waals surface area contributed by atoms with Crippen LogP contribution in [0.25, 0.3) is 22.0 Å². The van der Waals surface area contributed by atoms with Crippen LogP contribution in [0.15, 0.2) is 109 Å². The summed E-state index contributed by atoms with van der Waals surface area (Å²) < 4.78 is 0. The maximum atomic E-state index is 3.75. The van der Waals surface area contributed by atoms with Crippen molar-refractivity contribution >= 4 is 22.0 Å². The summed E-state index contributed by atoms with van der Waals surface area (Å²) in [4.78, 5) is 0. The number of aryl methyl sites for hydroxylation is 1. The van der Waals surface area contributed by atoms with Crippen molar-refractivity contribution in [1.82, 2.24) is 5.32 Å². The Labute approximate surface area is 172 Å². The molecule has 1 heterocycles. The van der Waals surface area contributed by atoms with Crippen molar-refractivity contribution in [2.45, 2.75) is 13.0 Å². The molecule has 0 aliphatic carbocycles. The Morgan fingerprint density at radius 1 is 0.655 bits per heavy atom. The van der Waals surface area contributed by atoms with E-state index in [1.165, 1.54) is 38.6 Å². The molecule has 0 unspecified atom stereocenters. The fraction of sp³-hybridized carbons (Fsp3) is 0.0714. The van der Waals surface area contributed by atoms with Gasteiger partial charge in [0, 0.05) is 5.70 Å². The van der Waals surface area contributed by atoms with Crippen LogP contribution in [0, 0.1) is 6.92 Å². The molecule has 0 amide bonds. The van der Waals surface area contributed by atoms with Crippen LogP contribution in [-0.2, 0) is 0 Å². The number of hydrogen-bond acceptors (Lipinski definition) is 1. The lowest BCUT2D eigenvalue weighted by molar-refractivity contribution is 0.768. The second kappa shape index (κ2) is 7.44. The Hall–Kier alpha value is -3.58. The molecular formula is C28H23N. The van der Waals surface area contributed by atoms with Gasteiger partial charge in [-0.25, -0.2) is 0 Å². The number of nitrogens with one attached hydrogen (secondary N) is 1. The van der Waals surface area contributed by atoms with Gasteiger partial charge < -0.3 is 5.32 Å². The number of rotatable bonds is 3. The zero-order chi connectivity index (χ0) is 19.6. The molecule has 0 saturated heterocycles. The molecule has 0 aromatic heterocycles. The van der Waals surface area contributed by atoms with Crippen LogP contribution in [-0.4, -0.2) is 0 Å². The van der Waals surface area contributed by atoms with Crippen molar-refractivity contribution in [3.05, 3.63) is 131 Å². The summed E-state index contributed by atoms with van der Waals surface area (Å²) in [5.41, 5.74) is 7.41. The minimum atomic E-state index is 0.121. The third-order valence-corrected chi connectivity index (χ3v) is 5.56. The van der Waals surface area contributed by atoms with E-state index >= 15 is 0 Å². The lowest BCUT2D eigenvalue weighted by Gasteiger charge is -2.26. The zero-order valence-electron chi connectivity index (χ0n) is 16.5. The number of hydrogen-bond donors (Lipinski definition) is 1. The Bertz CT molecular complexity index is 1210. The van der Waals surface area contributed by atoms with Crippen LogP contribution in [0.5, 0.6) is 0 Å². The van der Waals surface area contributed by atoms with Crippen LogP contribution in [0.4, 0.5) is 0 Å². The monoisotopic (exact) mass is 373 g/mol. The highest BCUT2D eigenvalue weighted by atomic mass is 14.9. The fourth-order valence-corrected chi connectivity index (χ4v) is 3.92. The Morgan fingerprint density at radius 3 is 2.17 bits per heavy atom. The van der Waals surface area contributed by atoms with E-state index in [1.54, 1.807) is 0 Å². The molecule has 1 aliphatic heterocycles. The maximum Gasteiger partial charge on any atom is 0.0707 e. The summed E-state index contributed by atoms with van der Waals surface area (Å²) in [6.45, 7) is 2.13. The van der Waals surface area contributed by atoms with E-state index in [0.717, 1.165) is 5.70 Å². The molecule has 1 N–H and O–H groups in total. The molecule has 5 rings (SSSR count). The van der Waals surface area contributed by atoms with E-state index in [-0.39, 0.29) is 6.04 Å². The Balaban J connectivity index is 1.60. The van der Waals surface area contributed by atoms with Gasteiger partial charge in [-0.3, -0.25) is 0 Å². The summed E-state index contributed by atoms with van der Waals surface area (Å²) >= 11 is 0. The van der Waals surface area contributed by atoms with Gasteiger partial charge in [0.15, 0.2) is 0 Å². The quantitative estimate of drug-likeness (QED) is 0.411. The molecule has 1 nitrogen and oxygen atoms in total. The summed E-state index contributed by atoms with van der Waals surface area (Å²) in [6.07, 6.45) is 4.60. The van der Waals surface area contributed by atoms with Gasteiger partial charge in [-0.1, -0.05) is 96.6 Å². The summed E-state index contributed by atoms with van der Waals surface area (Å²) in [7, 11) is 0. The highest BCUT2D eigenvalue weighted by molar-refractivity contribution is 5.87. The minimum Gasteiger partial charge on any atom is -0.374 e. The van der Waals surface area contributed by atoms with Gasteiger partial charge in [-0.2, -0.15) is 0 Å². The number of benzene rings is 4. The third kappa shape index (κ3) is 3.60. The van der Waals surface area contributed by atoms with Crippen LogP contribution in [0.3, 0.4) is 0 Å². The van der Waals surface area contributed by atoms with Crippen molar-refractivity contribution < 1.29 is 0 Å². The molecule has 1 atom stereocenters. The molecular weight excluding hydrogens is 350 g/mol. The smallest absolute Gasteiger partial charge is 0.0707 e. The molecule has 29 heavy (non-hydrogen) atoms. The fourth-order valence-electron chi connectivity index (χ4n) is 3.92. The maximum absolute atomic E-state index is 3.75. The summed E-state index contributed by atoms with van der Waals surface area (Å²) in [5.74, 6) is 0. The summed E-state index contributed by atoms with van der Waals surface area (Å²) in [6, 6.07) is 34.7. The molecule has 0 radical (unpaired) electrons. The average Bonchev–Trinajstić information content (AvgIpc) is 2.79. The standard InChI is InChI=1S/C28H23N/c1-20-11-13-22(14-12-20)26-18-27(23-8-3-2-4-9-23)29-28(19-26)25-16-15-21-7-5-6-10-24(21)17-25/h2-19,28-29H,1H3/t28-/m0/s1. The SMILES string of the molecule is Cc1ccc(C2=C[C@@H](c3ccc4ccccc4c3)NC(c3ccccc3)=C2)cc1. The highest BCUT2D eigenvalue weighted by Crippen LogP contribution is 2.33. The van der Waals surface area contributed by atoms with E-state index in [2.05, 4.69) is 121 Å². The normalized spacial score (nSPS) is 16.1. The molecule has 140 valence electrons. The van der Waals surface area contributed by atoms with Gasteiger partial charge in [0.25, 0.3) is 0 Å². The third-order valence-electron chi connectivity index (χ3n) is 5.56. The lowest BCUT2D eigenvalue weighted by atomic mass is 9.92. The van der Waals surface area contributed by atoms with E-state index < -0.39 is 0 Å². The largest absolute Gasteiger partial charge is 0.374 e. The van der Waals surface area contributed by atoms with Crippen molar-refractivity contribution in [3.63, 3.8) is 0 Å². The van der Waals surface area contributed by atoms with Crippen LogP contribution < -0.4 is 5.32 Å². The predicted octanol–water partition coefficient (Wildman–Crippen LogP) is 6.92.